The number of anilines is 2. The summed E-state index contributed by atoms with van der Waals surface area (Å²) in [5.74, 6) is 0.437. The summed E-state index contributed by atoms with van der Waals surface area (Å²) in [7, 11) is 0. The Bertz CT molecular complexity index is 1550. The predicted octanol–water partition coefficient (Wildman–Crippen LogP) is 4.35. The second kappa shape index (κ2) is 12.4. The van der Waals surface area contributed by atoms with Gasteiger partial charge in [-0.25, -0.2) is 9.97 Å². The molecule has 0 radical (unpaired) electrons. The second-order valence-corrected chi connectivity index (χ2v) is 9.79. The third-order valence-electron chi connectivity index (χ3n) is 7.00. The number of rotatable bonds is 8. The van der Waals surface area contributed by atoms with Gasteiger partial charge in [-0.05, 0) is 35.4 Å². The highest BCUT2D eigenvalue weighted by Crippen LogP contribution is 2.28. The van der Waals surface area contributed by atoms with Crippen molar-refractivity contribution in [1.29, 1.82) is 5.26 Å². The van der Waals surface area contributed by atoms with Gasteiger partial charge in [-0.3, -0.25) is 14.5 Å². The molecule has 9 heteroatoms. The highest BCUT2D eigenvalue weighted by atomic mass is 16.2. The molecule has 1 aromatic heterocycles. The lowest BCUT2D eigenvalue weighted by molar-refractivity contribution is -0.130. The first-order valence-corrected chi connectivity index (χ1v) is 13.4. The van der Waals surface area contributed by atoms with E-state index < -0.39 is 0 Å². The number of amides is 2. The smallest absolute Gasteiger partial charge is 0.251 e. The molecule has 9 nitrogen and oxygen atoms in total. The summed E-state index contributed by atoms with van der Waals surface area (Å²) in [6.07, 6.45) is 2.09. The van der Waals surface area contributed by atoms with Crippen LogP contribution in [0, 0.1) is 11.3 Å². The number of carbonyl (C=O) groups is 2. The van der Waals surface area contributed by atoms with Crippen molar-refractivity contribution in [2.75, 3.05) is 38.0 Å². The number of para-hydroxylation sites is 1. The number of nitrogens with zero attached hydrogens (tertiary/aromatic N) is 5. The van der Waals surface area contributed by atoms with E-state index in [1.54, 1.807) is 19.1 Å². The van der Waals surface area contributed by atoms with E-state index in [9.17, 15) is 9.59 Å². The normalized spacial score (nSPS) is 13.6. The Labute approximate surface area is 233 Å². The lowest BCUT2D eigenvalue weighted by Gasteiger charge is -2.34. The standard InChI is InChI=1S/C31H31N7O2/c1-22(39)38-17-15-37(16-18-38)21-23-5-2-7-27(19-23)35-31-34-20-26-6-3-8-28(29(26)36-31)24-9-11-25(12-10-24)30(40)33-14-4-13-32/h2-3,5-12,19-20H,4,14-18,21H2,1H3,(H,33,40)(H,34,35,36). The number of fused-ring (bicyclic) bond motifs is 1. The molecular formula is C31H31N7O2. The zero-order valence-corrected chi connectivity index (χ0v) is 22.4. The SMILES string of the molecule is CC(=O)N1CCN(Cc2cccc(Nc3ncc4cccc(-c5ccc(C(=O)NCCC#N)cc5)c4n3)c2)CC1. The minimum Gasteiger partial charge on any atom is -0.351 e. The van der Waals surface area contributed by atoms with Gasteiger partial charge in [0.15, 0.2) is 0 Å². The average Bonchev–Trinajstić information content (AvgIpc) is 2.97. The van der Waals surface area contributed by atoms with Gasteiger partial charge in [0.25, 0.3) is 5.91 Å². The molecule has 1 aliphatic heterocycles. The fraction of sp³-hybridized carbons (Fsp3) is 0.258. The van der Waals surface area contributed by atoms with Crippen molar-refractivity contribution in [2.24, 2.45) is 0 Å². The van der Waals surface area contributed by atoms with Crippen LogP contribution in [0.25, 0.3) is 22.0 Å². The van der Waals surface area contributed by atoms with Crippen LogP contribution in [-0.2, 0) is 11.3 Å². The monoisotopic (exact) mass is 533 g/mol. The maximum atomic E-state index is 12.3. The summed E-state index contributed by atoms with van der Waals surface area (Å²) < 4.78 is 0. The first-order valence-electron chi connectivity index (χ1n) is 13.4. The van der Waals surface area contributed by atoms with Gasteiger partial charge < -0.3 is 15.5 Å². The number of piperazine rings is 1. The maximum absolute atomic E-state index is 12.3. The minimum atomic E-state index is -0.200. The van der Waals surface area contributed by atoms with Gasteiger partial charge in [-0.2, -0.15) is 5.26 Å². The first kappa shape index (κ1) is 26.8. The Morgan fingerprint density at radius 1 is 1.00 bits per heavy atom. The Kier molecular flexibility index (Phi) is 8.28. The van der Waals surface area contributed by atoms with E-state index in [0.717, 1.165) is 60.4 Å². The van der Waals surface area contributed by atoms with Gasteiger partial charge in [0.05, 0.1) is 18.0 Å². The number of hydrogen-bond acceptors (Lipinski definition) is 7. The van der Waals surface area contributed by atoms with Crippen molar-refractivity contribution in [1.82, 2.24) is 25.1 Å². The molecule has 4 aromatic rings. The third kappa shape index (κ3) is 6.42. The molecule has 2 heterocycles. The van der Waals surface area contributed by atoms with Crippen LogP contribution in [-0.4, -0.2) is 64.3 Å². The van der Waals surface area contributed by atoms with Crippen molar-refractivity contribution in [3.63, 3.8) is 0 Å². The van der Waals surface area contributed by atoms with Crippen LogP contribution in [0.4, 0.5) is 11.6 Å². The summed E-state index contributed by atoms with van der Waals surface area (Å²) in [6.45, 7) is 6.02. The Morgan fingerprint density at radius 2 is 1.77 bits per heavy atom. The first-order chi connectivity index (χ1) is 19.5. The summed E-state index contributed by atoms with van der Waals surface area (Å²) in [4.78, 5) is 37.5. The fourth-order valence-electron chi connectivity index (χ4n) is 4.84. The topological polar surface area (TPSA) is 114 Å². The fourth-order valence-corrected chi connectivity index (χ4v) is 4.84. The zero-order chi connectivity index (χ0) is 27.9. The molecule has 40 heavy (non-hydrogen) atoms. The molecule has 2 amide bonds. The highest BCUT2D eigenvalue weighted by molar-refractivity contribution is 5.97. The second-order valence-electron chi connectivity index (χ2n) is 9.79. The van der Waals surface area contributed by atoms with Crippen LogP contribution in [0.5, 0.6) is 0 Å². The molecular weight excluding hydrogens is 502 g/mol. The number of nitrogens with one attached hydrogen (secondary N) is 2. The largest absolute Gasteiger partial charge is 0.351 e. The van der Waals surface area contributed by atoms with E-state index in [1.165, 1.54) is 5.56 Å². The average molecular weight is 534 g/mol. The van der Waals surface area contributed by atoms with E-state index in [4.69, 9.17) is 10.2 Å². The van der Waals surface area contributed by atoms with Crippen molar-refractivity contribution in [2.45, 2.75) is 19.9 Å². The summed E-state index contributed by atoms with van der Waals surface area (Å²) in [5, 5.41) is 15.7. The summed E-state index contributed by atoms with van der Waals surface area (Å²) in [6, 6.07) is 23.6. The van der Waals surface area contributed by atoms with Gasteiger partial charge in [0.2, 0.25) is 11.9 Å². The van der Waals surface area contributed by atoms with E-state index in [-0.39, 0.29) is 18.2 Å². The number of nitriles is 1. The number of aromatic nitrogens is 2. The predicted molar refractivity (Wildman–Crippen MR) is 155 cm³/mol. The van der Waals surface area contributed by atoms with Crippen molar-refractivity contribution in [3.8, 4) is 17.2 Å². The lowest BCUT2D eigenvalue weighted by Crippen LogP contribution is -2.47. The van der Waals surface area contributed by atoms with Gasteiger partial charge >= 0.3 is 0 Å². The van der Waals surface area contributed by atoms with E-state index in [2.05, 4.69) is 32.7 Å². The lowest BCUT2D eigenvalue weighted by atomic mass is 10.0. The molecule has 3 aromatic carbocycles. The van der Waals surface area contributed by atoms with Gasteiger partial charge in [0.1, 0.15) is 0 Å². The van der Waals surface area contributed by atoms with Crippen LogP contribution >= 0.6 is 0 Å². The summed E-state index contributed by atoms with van der Waals surface area (Å²) >= 11 is 0. The van der Waals surface area contributed by atoms with Crippen molar-refractivity contribution >= 4 is 34.4 Å². The Balaban J connectivity index is 1.30. The molecule has 1 aliphatic rings. The molecule has 0 atom stereocenters. The molecule has 0 saturated carbocycles. The summed E-state index contributed by atoms with van der Waals surface area (Å²) in [5.41, 5.74) is 5.32. The van der Waals surface area contributed by atoms with E-state index in [1.807, 2.05) is 59.6 Å². The van der Waals surface area contributed by atoms with Crippen LogP contribution < -0.4 is 10.6 Å². The molecule has 1 saturated heterocycles. The van der Waals surface area contributed by atoms with Crippen molar-refractivity contribution < 1.29 is 9.59 Å². The van der Waals surface area contributed by atoms with Crippen molar-refractivity contribution in [3.05, 3.63) is 84.1 Å². The molecule has 1 fully saturated rings. The van der Waals surface area contributed by atoms with Crippen LogP contribution in [0.3, 0.4) is 0 Å². The molecule has 0 aliphatic carbocycles. The minimum absolute atomic E-state index is 0.136. The molecule has 2 N–H and O–H groups in total. The van der Waals surface area contributed by atoms with Gasteiger partial charge in [-0.1, -0.05) is 42.5 Å². The van der Waals surface area contributed by atoms with Crippen LogP contribution in [0.1, 0.15) is 29.3 Å². The molecule has 5 rings (SSSR count). The molecule has 0 unspecified atom stereocenters. The molecule has 0 spiro atoms. The molecule has 0 bridgehead atoms. The van der Waals surface area contributed by atoms with Crippen LogP contribution in [0.15, 0.2) is 72.9 Å². The number of benzene rings is 3. The number of hydrogen-bond donors (Lipinski definition) is 2. The quantitative estimate of drug-likeness (QED) is 0.324. The van der Waals surface area contributed by atoms with E-state index >= 15 is 0 Å². The highest BCUT2D eigenvalue weighted by Gasteiger charge is 2.18. The maximum Gasteiger partial charge on any atom is 0.251 e. The van der Waals surface area contributed by atoms with E-state index in [0.29, 0.717) is 18.1 Å². The molecule has 202 valence electrons. The number of carbonyl (C=O) groups excluding carboxylic acids is 2. The van der Waals surface area contributed by atoms with Gasteiger partial charge in [-0.15, -0.1) is 0 Å². The third-order valence-corrected chi connectivity index (χ3v) is 7.00. The zero-order valence-electron chi connectivity index (χ0n) is 22.4. The van der Waals surface area contributed by atoms with Crippen LogP contribution in [0.2, 0.25) is 0 Å². The Hall–Kier alpha value is -4.81. The van der Waals surface area contributed by atoms with Gasteiger partial charge in [0, 0.05) is 74.6 Å². The Morgan fingerprint density at radius 3 is 2.52 bits per heavy atom.